The molecule has 1 fully saturated rings. The van der Waals surface area contributed by atoms with Gasteiger partial charge in [0.1, 0.15) is 24.4 Å². The van der Waals surface area contributed by atoms with Crippen LogP contribution in [0.5, 0.6) is 0 Å². The summed E-state index contributed by atoms with van der Waals surface area (Å²) in [5.74, 6) is 0. The number of aliphatic hydroxyl groups is 4. The van der Waals surface area contributed by atoms with Gasteiger partial charge in [0.2, 0.25) is 0 Å². The lowest BCUT2D eigenvalue weighted by atomic mass is 9.99. The summed E-state index contributed by atoms with van der Waals surface area (Å²) in [6.07, 6.45) is -7.97. The van der Waals surface area contributed by atoms with Gasteiger partial charge in [0.25, 0.3) is 0 Å². The summed E-state index contributed by atoms with van der Waals surface area (Å²) in [5, 5.41) is 36.8. The first kappa shape index (κ1) is 13.7. The Morgan fingerprint density at radius 3 is 2.12 bits per heavy atom. The Labute approximate surface area is 91.2 Å². The van der Waals surface area contributed by atoms with Crippen molar-refractivity contribution in [2.75, 3.05) is 6.54 Å². The topological polar surface area (TPSA) is 157 Å². The third kappa shape index (κ3) is 3.33. The van der Waals surface area contributed by atoms with Crippen LogP contribution in [0.4, 0.5) is 0 Å². The maximum Gasteiger partial charge on any atom is 0.333 e. The van der Waals surface area contributed by atoms with Gasteiger partial charge in [0, 0.05) is 6.54 Å². The third-order valence-electron chi connectivity index (χ3n) is 2.15. The van der Waals surface area contributed by atoms with E-state index in [0.717, 1.165) is 0 Å². The van der Waals surface area contributed by atoms with Crippen LogP contribution in [0.3, 0.4) is 0 Å². The average Bonchev–Trinajstić information content (AvgIpc) is 2.17. The molecule has 0 aromatic carbocycles. The number of ether oxygens (including phenoxy) is 1. The van der Waals surface area contributed by atoms with Crippen LogP contribution in [0.1, 0.15) is 0 Å². The van der Waals surface area contributed by atoms with Crippen LogP contribution in [0.15, 0.2) is 0 Å². The fourth-order valence-corrected chi connectivity index (χ4v) is 1.66. The first-order chi connectivity index (χ1) is 7.22. The lowest BCUT2D eigenvalue weighted by Gasteiger charge is -2.38. The Kier molecular flexibility index (Phi) is 4.20. The fourth-order valence-electron chi connectivity index (χ4n) is 1.29. The summed E-state index contributed by atoms with van der Waals surface area (Å²) < 4.78 is 35.3. The van der Waals surface area contributed by atoms with Gasteiger partial charge in [0.05, 0.1) is 0 Å². The van der Waals surface area contributed by atoms with E-state index >= 15 is 0 Å². The van der Waals surface area contributed by atoms with Crippen molar-refractivity contribution in [3.05, 3.63) is 0 Å². The van der Waals surface area contributed by atoms with Crippen molar-refractivity contribution < 1.29 is 38.1 Å². The Hall–Kier alpha value is -0.330. The number of aliphatic hydroxyl groups excluding tert-OH is 4. The zero-order valence-electron chi connectivity index (χ0n) is 7.96. The number of hydrogen-bond donors (Lipinski definition) is 6. The molecule has 1 aliphatic rings. The van der Waals surface area contributed by atoms with Crippen molar-refractivity contribution in [1.82, 2.24) is 4.72 Å². The van der Waals surface area contributed by atoms with Crippen LogP contribution in [-0.2, 0) is 15.0 Å². The van der Waals surface area contributed by atoms with Gasteiger partial charge in [-0.25, -0.2) is 0 Å². The van der Waals surface area contributed by atoms with E-state index < -0.39 is 47.6 Å². The van der Waals surface area contributed by atoms with Gasteiger partial charge < -0.3 is 25.2 Å². The monoisotopic (exact) mass is 259 g/mol. The van der Waals surface area contributed by atoms with Crippen LogP contribution in [0.25, 0.3) is 0 Å². The highest BCUT2D eigenvalue weighted by molar-refractivity contribution is 7.83. The van der Waals surface area contributed by atoms with Crippen molar-refractivity contribution in [1.29, 1.82) is 0 Å². The molecule has 0 radical (unpaired) electrons. The molecule has 16 heavy (non-hydrogen) atoms. The smallest absolute Gasteiger partial charge is 0.333 e. The average molecular weight is 259 g/mol. The van der Waals surface area contributed by atoms with Gasteiger partial charge in [-0.15, -0.1) is 0 Å². The Balaban J connectivity index is 2.61. The van der Waals surface area contributed by atoms with Crippen LogP contribution in [-0.4, -0.2) is 70.6 Å². The molecule has 1 rings (SSSR count). The zero-order valence-corrected chi connectivity index (χ0v) is 8.78. The largest absolute Gasteiger partial charge is 0.388 e. The number of nitrogens with one attached hydrogen (secondary N) is 1. The second kappa shape index (κ2) is 4.89. The predicted molar refractivity (Wildman–Crippen MR) is 48.5 cm³/mol. The molecule has 0 aromatic heterocycles. The van der Waals surface area contributed by atoms with Gasteiger partial charge in [-0.3, -0.25) is 4.55 Å². The molecular weight excluding hydrogens is 246 g/mol. The molecule has 1 heterocycles. The van der Waals surface area contributed by atoms with Crippen LogP contribution >= 0.6 is 0 Å². The van der Waals surface area contributed by atoms with Crippen molar-refractivity contribution in [2.45, 2.75) is 30.7 Å². The molecule has 10 heteroatoms. The summed E-state index contributed by atoms with van der Waals surface area (Å²) in [4.78, 5) is 0. The molecule has 0 amide bonds. The maximum absolute atomic E-state index is 10.3. The summed E-state index contributed by atoms with van der Waals surface area (Å²) in [6.45, 7) is -0.555. The van der Waals surface area contributed by atoms with Crippen LogP contribution in [0.2, 0.25) is 0 Å². The van der Waals surface area contributed by atoms with Gasteiger partial charge in [-0.1, -0.05) is 0 Å². The first-order valence-electron chi connectivity index (χ1n) is 4.32. The Bertz CT molecular complexity index is 331. The molecule has 0 saturated carbocycles. The number of rotatable bonds is 3. The molecule has 9 nitrogen and oxygen atoms in total. The Morgan fingerprint density at radius 2 is 1.62 bits per heavy atom. The second-order valence-electron chi connectivity index (χ2n) is 3.36. The zero-order chi connectivity index (χ0) is 12.5. The minimum atomic E-state index is -4.46. The first-order valence-corrected chi connectivity index (χ1v) is 5.76. The van der Waals surface area contributed by atoms with Crippen LogP contribution < -0.4 is 4.72 Å². The summed E-state index contributed by atoms with van der Waals surface area (Å²) in [7, 11) is -4.46. The highest BCUT2D eigenvalue weighted by Crippen LogP contribution is 2.19. The standard InChI is InChI=1S/C6H13NO8S/c8-3-2(1-7-16(12,13)14)15-6(11)5(10)4(3)9/h2-11H,1H2,(H,12,13,14)/t2-,3-,4+,5+,6?/m1/s1. The molecule has 1 unspecified atom stereocenters. The summed E-state index contributed by atoms with van der Waals surface area (Å²) >= 11 is 0. The fraction of sp³-hybridized carbons (Fsp3) is 1.00. The molecule has 0 aromatic rings. The van der Waals surface area contributed by atoms with E-state index in [4.69, 9.17) is 14.8 Å². The van der Waals surface area contributed by atoms with Crippen molar-refractivity contribution in [3.8, 4) is 0 Å². The van der Waals surface area contributed by atoms with E-state index in [1.807, 2.05) is 0 Å². The SMILES string of the molecule is O=S(=O)(O)NC[C@H]1OC(O)[C@@H](O)[C@@H](O)[C@@H]1O. The van der Waals surface area contributed by atoms with E-state index in [0.29, 0.717) is 0 Å². The highest BCUT2D eigenvalue weighted by atomic mass is 32.2. The van der Waals surface area contributed by atoms with Crippen LogP contribution in [0, 0.1) is 0 Å². The number of hydrogen-bond acceptors (Lipinski definition) is 7. The summed E-state index contributed by atoms with van der Waals surface area (Å²) in [6, 6.07) is 0. The molecule has 0 aliphatic carbocycles. The van der Waals surface area contributed by atoms with Gasteiger partial charge >= 0.3 is 10.3 Å². The van der Waals surface area contributed by atoms with E-state index in [1.54, 1.807) is 4.72 Å². The van der Waals surface area contributed by atoms with Crippen molar-refractivity contribution >= 4 is 10.3 Å². The molecule has 96 valence electrons. The minimum absolute atomic E-state index is 0.555. The van der Waals surface area contributed by atoms with E-state index in [2.05, 4.69) is 4.74 Å². The van der Waals surface area contributed by atoms with Gasteiger partial charge in [-0.2, -0.15) is 13.1 Å². The third-order valence-corrected chi connectivity index (χ3v) is 2.69. The molecule has 1 aliphatic heterocycles. The molecule has 6 N–H and O–H groups in total. The van der Waals surface area contributed by atoms with Gasteiger partial charge in [-0.05, 0) is 0 Å². The lowest BCUT2D eigenvalue weighted by Crippen LogP contribution is -2.59. The van der Waals surface area contributed by atoms with E-state index in [-0.39, 0.29) is 0 Å². The quantitative estimate of drug-likeness (QED) is 0.281. The molecule has 5 atom stereocenters. The minimum Gasteiger partial charge on any atom is -0.388 e. The second-order valence-corrected chi connectivity index (χ2v) is 4.60. The molecule has 0 spiro atoms. The normalized spacial score (nSPS) is 40.9. The maximum atomic E-state index is 10.3. The van der Waals surface area contributed by atoms with Crippen molar-refractivity contribution in [3.63, 3.8) is 0 Å². The predicted octanol–water partition coefficient (Wildman–Crippen LogP) is -3.82. The molecular formula is C6H13NO8S. The molecule has 0 bridgehead atoms. The van der Waals surface area contributed by atoms with Crippen molar-refractivity contribution in [2.24, 2.45) is 0 Å². The van der Waals surface area contributed by atoms with E-state index in [1.165, 1.54) is 0 Å². The Morgan fingerprint density at radius 1 is 1.06 bits per heavy atom. The van der Waals surface area contributed by atoms with Gasteiger partial charge in [0.15, 0.2) is 6.29 Å². The van der Waals surface area contributed by atoms with E-state index in [9.17, 15) is 18.6 Å². The molecule has 1 saturated heterocycles. The lowest BCUT2D eigenvalue weighted by molar-refractivity contribution is -0.279. The summed E-state index contributed by atoms with van der Waals surface area (Å²) in [5.41, 5.74) is 0. The highest BCUT2D eigenvalue weighted by Gasteiger charge is 2.43.